The van der Waals surface area contributed by atoms with Crippen LogP contribution in [-0.2, 0) is 17.8 Å². The van der Waals surface area contributed by atoms with E-state index in [-0.39, 0.29) is 5.57 Å². The molecule has 3 aromatic rings. The molecule has 2 aromatic carbocycles. The van der Waals surface area contributed by atoms with E-state index in [1.807, 2.05) is 36.4 Å². The fourth-order valence-electron chi connectivity index (χ4n) is 2.84. The molecule has 0 saturated heterocycles. The summed E-state index contributed by atoms with van der Waals surface area (Å²) in [6.07, 6.45) is 2.28. The Morgan fingerprint density at radius 1 is 1.19 bits per heavy atom. The Hall–Kier alpha value is -3.70. The lowest BCUT2D eigenvalue weighted by Crippen LogP contribution is -2.13. The zero-order valence-electron chi connectivity index (χ0n) is 18.2. The van der Waals surface area contributed by atoms with Gasteiger partial charge in [0.2, 0.25) is 5.13 Å². The van der Waals surface area contributed by atoms with Crippen molar-refractivity contribution in [1.29, 1.82) is 5.26 Å². The average molecular weight is 449 g/mol. The molecule has 0 radical (unpaired) electrons. The van der Waals surface area contributed by atoms with E-state index in [9.17, 15) is 10.1 Å². The minimum Gasteiger partial charge on any atom is -0.493 e. The highest BCUT2D eigenvalue weighted by atomic mass is 32.1. The van der Waals surface area contributed by atoms with Crippen molar-refractivity contribution in [3.05, 3.63) is 70.2 Å². The average Bonchev–Trinajstić information content (AvgIpc) is 3.22. The molecule has 0 saturated carbocycles. The SMILES string of the molecule is COc1cc(/C=C(/C#N)C(=O)Nc2nnc(CC(C)C)s2)ccc1OCc1ccccc1. The summed E-state index contributed by atoms with van der Waals surface area (Å²) in [6, 6.07) is 17.0. The number of anilines is 1. The summed E-state index contributed by atoms with van der Waals surface area (Å²) in [4.78, 5) is 12.5. The molecule has 164 valence electrons. The van der Waals surface area contributed by atoms with Gasteiger partial charge in [-0.15, -0.1) is 10.2 Å². The van der Waals surface area contributed by atoms with Crippen molar-refractivity contribution in [2.75, 3.05) is 12.4 Å². The largest absolute Gasteiger partial charge is 0.493 e. The first kappa shape index (κ1) is 23.0. The molecule has 0 fully saturated rings. The minimum atomic E-state index is -0.539. The Kier molecular flexibility index (Phi) is 7.95. The lowest BCUT2D eigenvalue weighted by molar-refractivity contribution is -0.112. The van der Waals surface area contributed by atoms with Crippen molar-refractivity contribution in [1.82, 2.24) is 10.2 Å². The van der Waals surface area contributed by atoms with Gasteiger partial charge in [0, 0.05) is 6.42 Å². The first-order valence-electron chi connectivity index (χ1n) is 10.1. The number of nitrogens with one attached hydrogen (secondary N) is 1. The van der Waals surface area contributed by atoms with Gasteiger partial charge < -0.3 is 9.47 Å². The van der Waals surface area contributed by atoms with E-state index in [0.29, 0.717) is 34.7 Å². The predicted molar refractivity (Wildman–Crippen MR) is 124 cm³/mol. The summed E-state index contributed by atoms with van der Waals surface area (Å²) in [5, 5.41) is 21.4. The lowest BCUT2D eigenvalue weighted by atomic mass is 10.1. The van der Waals surface area contributed by atoms with E-state index < -0.39 is 5.91 Å². The number of carbonyl (C=O) groups excluding carboxylic acids is 1. The van der Waals surface area contributed by atoms with Crippen LogP contribution in [-0.4, -0.2) is 23.2 Å². The Labute approximate surface area is 191 Å². The monoisotopic (exact) mass is 448 g/mol. The maximum atomic E-state index is 12.5. The molecule has 0 aliphatic carbocycles. The molecule has 7 nitrogen and oxygen atoms in total. The summed E-state index contributed by atoms with van der Waals surface area (Å²) < 4.78 is 11.3. The van der Waals surface area contributed by atoms with Crippen LogP contribution < -0.4 is 14.8 Å². The van der Waals surface area contributed by atoms with Crippen molar-refractivity contribution >= 4 is 28.5 Å². The molecule has 32 heavy (non-hydrogen) atoms. The Morgan fingerprint density at radius 3 is 2.66 bits per heavy atom. The third-order valence-corrected chi connectivity index (χ3v) is 5.23. The van der Waals surface area contributed by atoms with E-state index in [1.165, 1.54) is 17.4 Å². The molecule has 8 heteroatoms. The van der Waals surface area contributed by atoms with Gasteiger partial charge in [-0.1, -0.05) is 61.6 Å². The predicted octanol–water partition coefficient (Wildman–Crippen LogP) is 4.87. The van der Waals surface area contributed by atoms with Crippen LogP contribution in [0.5, 0.6) is 11.5 Å². The van der Waals surface area contributed by atoms with Gasteiger partial charge in [0.15, 0.2) is 11.5 Å². The number of benzene rings is 2. The fourth-order valence-corrected chi connectivity index (χ4v) is 3.79. The molecule has 1 aromatic heterocycles. The number of ether oxygens (including phenoxy) is 2. The Bertz CT molecular complexity index is 1130. The van der Waals surface area contributed by atoms with Crippen LogP contribution in [0.2, 0.25) is 0 Å². The number of nitriles is 1. The van der Waals surface area contributed by atoms with Crippen molar-refractivity contribution < 1.29 is 14.3 Å². The molecule has 1 amide bonds. The summed E-state index contributed by atoms with van der Waals surface area (Å²) in [5.74, 6) is 0.983. The van der Waals surface area contributed by atoms with Gasteiger partial charge in [0.1, 0.15) is 23.3 Å². The molecule has 1 heterocycles. The third kappa shape index (κ3) is 6.40. The fraction of sp³-hybridized carbons (Fsp3) is 0.250. The zero-order chi connectivity index (χ0) is 22.9. The number of amides is 1. The number of rotatable bonds is 9. The molecule has 3 rings (SSSR count). The molecule has 0 atom stereocenters. The second-order valence-electron chi connectivity index (χ2n) is 7.41. The molecule has 0 aliphatic heterocycles. The maximum Gasteiger partial charge on any atom is 0.268 e. The van der Waals surface area contributed by atoms with E-state index in [2.05, 4.69) is 29.4 Å². The molecule has 0 bridgehead atoms. The summed E-state index contributed by atoms with van der Waals surface area (Å²) in [7, 11) is 1.54. The Morgan fingerprint density at radius 2 is 1.97 bits per heavy atom. The highest BCUT2D eigenvalue weighted by Gasteiger charge is 2.14. The summed E-state index contributed by atoms with van der Waals surface area (Å²) in [6.45, 7) is 4.57. The first-order chi connectivity index (χ1) is 15.5. The van der Waals surface area contributed by atoms with Crippen LogP contribution in [0.15, 0.2) is 54.1 Å². The van der Waals surface area contributed by atoms with Crippen LogP contribution in [0, 0.1) is 17.2 Å². The number of carbonyl (C=O) groups is 1. The van der Waals surface area contributed by atoms with Gasteiger partial charge in [-0.25, -0.2) is 0 Å². The molecule has 0 aliphatic rings. The first-order valence-corrected chi connectivity index (χ1v) is 10.9. The van der Waals surface area contributed by atoms with Crippen LogP contribution in [0.3, 0.4) is 0 Å². The number of nitrogens with zero attached hydrogens (tertiary/aromatic N) is 3. The summed E-state index contributed by atoms with van der Waals surface area (Å²) >= 11 is 1.31. The van der Waals surface area contributed by atoms with Crippen LogP contribution in [0.25, 0.3) is 6.08 Å². The standard InChI is InChI=1S/C24H24N4O3S/c1-16(2)11-22-27-28-24(32-22)26-23(29)19(14-25)12-18-9-10-20(21(13-18)30-3)31-15-17-7-5-4-6-8-17/h4-10,12-13,16H,11,15H2,1-3H3,(H,26,28,29)/b19-12-. The van der Waals surface area contributed by atoms with Gasteiger partial charge in [0.05, 0.1) is 7.11 Å². The number of hydrogen-bond acceptors (Lipinski definition) is 7. The van der Waals surface area contributed by atoms with Gasteiger partial charge in [-0.2, -0.15) is 5.26 Å². The van der Waals surface area contributed by atoms with Crippen molar-refractivity contribution in [2.45, 2.75) is 26.9 Å². The van der Waals surface area contributed by atoms with Crippen molar-refractivity contribution in [2.24, 2.45) is 5.92 Å². The lowest BCUT2D eigenvalue weighted by Gasteiger charge is -2.11. The second-order valence-corrected chi connectivity index (χ2v) is 8.47. The van der Waals surface area contributed by atoms with E-state index in [4.69, 9.17) is 9.47 Å². The molecule has 1 N–H and O–H groups in total. The smallest absolute Gasteiger partial charge is 0.268 e. The normalized spacial score (nSPS) is 11.2. The third-order valence-electron chi connectivity index (χ3n) is 4.37. The summed E-state index contributed by atoms with van der Waals surface area (Å²) in [5.41, 5.74) is 1.62. The van der Waals surface area contributed by atoms with Gasteiger partial charge >= 0.3 is 0 Å². The van der Waals surface area contributed by atoms with Gasteiger partial charge in [-0.05, 0) is 35.3 Å². The van der Waals surface area contributed by atoms with Gasteiger partial charge in [0.25, 0.3) is 5.91 Å². The molecule has 0 spiro atoms. The quantitative estimate of drug-likeness (QED) is 0.370. The second kappa shape index (κ2) is 11.1. The highest BCUT2D eigenvalue weighted by Crippen LogP contribution is 2.30. The van der Waals surface area contributed by atoms with Gasteiger partial charge in [-0.3, -0.25) is 10.1 Å². The van der Waals surface area contributed by atoms with Crippen molar-refractivity contribution in [3.63, 3.8) is 0 Å². The minimum absolute atomic E-state index is 0.0504. The van der Waals surface area contributed by atoms with E-state index in [0.717, 1.165) is 17.0 Å². The Balaban J connectivity index is 1.71. The number of methoxy groups -OCH3 is 1. The molecular formula is C24H24N4O3S. The number of aromatic nitrogens is 2. The molecule has 0 unspecified atom stereocenters. The van der Waals surface area contributed by atoms with E-state index in [1.54, 1.807) is 25.3 Å². The maximum absolute atomic E-state index is 12.5. The highest BCUT2D eigenvalue weighted by molar-refractivity contribution is 7.15. The van der Waals surface area contributed by atoms with E-state index >= 15 is 0 Å². The molecular weight excluding hydrogens is 424 g/mol. The number of hydrogen-bond donors (Lipinski definition) is 1. The van der Waals surface area contributed by atoms with Crippen LogP contribution in [0.1, 0.15) is 30.0 Å². The van der Waals surface area contributed by atoms with Crippen molar-refractivity contribution in [3.8, 4) is 17.6 Å². The topological polar surface area (TPSA) is 97.1 Å². The zero-order valence-corrected chi connectivity index (χ0v) is 19.0. The van der Waals surface area contributed by atoms with Crippen LogP contribution >= 0.6 is 11.3 Å². The van der Waals surface area contributed by atoms with Crippen LogP contribution in [0.4, 0.5) is 5.13 Å².